The number of anilines is 2. The highest BCUT2D eigenvalue weighted by molar-refractivity contribution is 6.42. The van der Waals surface area contributed by atoms with Crippen molar-refractivity contribution in [2.75, 3.05) is 17.6 Å². The van der Waals surface area contributed by atoms with Crippen molar-refractivity contribution in [3.63, 3.8) is 0 Å². The monoisotopic (exact) mass is 204 g/mol. The highest BCUT2D eigenvalue weighted by atomic mass is 35.5. The van der Waals surface area contributed by atoms with Crippen molar-refractivity contribution >= 4 is 34.6 Å². The van der Waals surface area contributed by atoms with Crippen molar-refractivity contribution in [3.05, 3.63) is 22.2 Å². The standard InChI is InChI=1S/C8H10Cl2N2/c1-2-12-8-4-6(10)5(9)3-7(8)11/h3-4,12H,2,11H2,1H3. The Labute approximate surface area is 81.7 Å². The Bertz CT molecular complexity index is 287. The van der Waals surface area contributed by atoms with Gasteiger partial charge in [-0.05, 0) is 19.1 Å². The molecule has 0 aliphatic rings. The number of rotatable bonds is 2. The largest absolute Gasteiger partial charge is 0.397 e. The van der Waals surface area contributed by atoms with Crippen molar-refractivity contribution in [1.29, 1.82) is 0 Å². The zero-order valence-electron chi connectivity index (χ0n) is 6.70. The molecule has 0 aliphatic heterocycles. The molecule has 0 amide bonds. The van der Waals surface area contributed by atoms with E-state index in [9.17, 15) is 0 Å². The van der Waals surface area contributed by atoms with E-state index in [2.05, 4.69) is 5.32 Å². The average molecular weight is 205 g/mol. The lowest BCUT2D eigenvalue weighted by atomic mass is 10.2. The molecule has 0 saturated heterocycles. The van der Waals surface area contributed by atoms with Crippen LogP contribution in [0.5, 0.6) is 0 Å². The second-order valence-electron chi connectivity index (χ2n) is 2.38. The molecule has 0 aliphatic carbocycles. The molecule has 0 aromatic heterocycles. The summed E-state index contributed by atoms with van der Waals surface area (Å²) in [6.45, 7) is 2.80. The molecule has 1 rings (SSSR count). The van der Waals surface area contributed by atoms with Crippen LogP contribution < -0.4 is 11.1 Å². The predicted octanol–water partition coefficient (Wildman–Crippen LogP) is 3.01. The van der Waals surface area contributed by atoms with Crippen molar-refractivity contribution in [1.82, 2.24) is 0 Å². The molecule has 0 radical (unpaired) electrons. The second kappa shape index (κ2) is 3.87. The Morgan fingerprint density at radius 3 is 2.50 bits per heavy atom. The normalized spacial score (nSPS) is 9.92. The quantitative estimate of drug-likeness (QED) is 0.728. The summed E-state index contributed by atoms with van der Waals surface area (Å²) >= 11 is 11.5. The maximum Gasteiger partial charge on any atom is 0.0614 e. The van der Waals surface area contributed by atoms with Crippen LogP contribution in [-0.4, -0.2) is 6.54 Å². The maximum atomic E-state index is 5.79. The summed E-state index contributed by atoms with van der Waals surface area (Å²) in [5, 5.41) is 4.07. The van der Waals surface area contributed by atoms with Crippen molar-refractivity contribution in [3.8, 4) is 0 Å². The third-order valence-electron chi connectivity index (χ3n) is 1.46. The number of nitrogens with one attached hydrogen (secondary N) is 1. The summed E-state index contributed by atoms with van der Waals surface area (Å²) < 4.78 is 0. The molecule has 3 N–H and O–H groups in total. The second-order valence-corrected chi connectivity index (χ2v) is 3.20. The van der Waals surface area contributed by atoms with Gasteiger partial charge in [-0.25, -0.2) is 0 Å². The minimum atomic E-state index is 0.482. The summed E-state index contributed by atoms with van der Waals surface area (Å²) in [5.41, 5.74) is 7.11. The van der Waals surface area contributed by atoms with E-state index < -0.39 is 0 Å². The Hall–Kier alpha value is -0.600. The third kappa shape index (κ3) is 1.96. The molecule has 0 spiro atoms. The number of halogens is 2. The van der Waals surface area contributed by atoms with Crippen LogP contribution >= 0.6 is 23.2 Å². The van der Waals surface area contributed by atoms with Crippen LogP contribution in [-0.2, 0) is 0 Å². The Balaban J connectivity index is 3.05. The smallest absolute Gasteiger partial charge is 0.0614 e. The molecule has 0 unspecified atom stereocenters. The van der Waals surface area contributed by atoms with Crippen molar-refractivity contribution in [2.24, 2.45) is 0 Å². The summed E-state index contributed by atoms with van der Waals surface area (Å²) in [6.07, 6.45) is 0. The Morgan fingerprint density at radius 2 is 1.92 bits per heavy atom. The van der Waals surface area contributed by atoms with E-state index >= 15 is 0 Å². The summed E-state index contributed by atoms with van der Waals surface area (Å²) in [6, 6.07) is 3.37. The first-order valence-electron chi connectivity index (χ1n) is 3.63. The fourth-order valence-electron chi connectivity index (χ4n) is 0.906. The lowest BCUT2D eigenvalue weighted by Crippen LogP contribution is -2.00. The van der Waals surface area contributed by atoms with Gasteiger partial charge in [0.05, 0.1) is 21.4 Å². The van der Waals surface area contributed by atoms with Crippen LogP contribution in [0.2, 0.25) is 10.0 Å². The molecule has 2 nitrogen and oxygen atoms in total. The average Bonchev–Trinajstić information content (AvgIpc) is 2.01. The minimum absolute atomic E-state index is 0.482. The van der Waals surface area contributed by atoms with Gasteiger partial charge >= 0.3 is 0 Å². The van der Waals surface area contributed by atoms with Crippen LogP contribution in [0.4, 0.5) is 11.4 Å². The fourth-order valence-corrected chi connectivity index (χ4v) is 1.24. The first kappa shape index (κ1) is 9.49. The Morgan fingerprint density at radius 1 is 1.33 bits per heavy atom. The minimum Gasteiger partial charge on any atom is -0.397 e. The van der Waals surface area contributed by atoms with Gasteiger partial charge in [0.15, 0.2) is 0 Å². The van der Waals surface area contributed by atoms with E-state index in [1.54, 1.807) is 12.1 Å². The zero-order chi connectivity index (χ0) is 9.14. The molecule has 0 heterocycles. The SMILES string of the molecule is CCNc1cc(Cl)c(Cl)cc1N. The molecule has 66 valence electrons. The first-order valence-corrected chi connectivity index (χ1v) is 4.39. The van der Waals surface area contributed by atoms with E-state index in [0.717, 1.165) is 12.2 Å². The Kier molecular flexibility index (Phi) is 3.06. The number of nitrogen functional groups attached to an aromatic ring is 1. The molecule has 4 heteroatoms. The summed E-state index contributed by atoms with van der Waals surface area (Å²) in [7, 11) is 0. The van der Waals surface area contributed by atoms with Crippen LogP contribution in [0.1, 0.15) is 6.92 Å². The van der Waals surface area contributed by atoms with Gasteiger partial charge in [-0.1, -0.05) is 23.2 Å². The van der Waals surface area contributed by atoms with Crippen LogP contribution in [0.15, 0.2) is 12.1 Å². The molecule has 1 aromatic rings. The lowest BCUT2D eigenvalue weighted by Gasteiger charge is -2.08. The first-order chi connectivity index (χ1) is 5.65. The lowest BCUT2D eigenvalue weighted by molar-refractivity contribution is 1.21. The van der Waals surface area contributed by atoms with Gasteiger partial charge in [-0.2, -0.15) is 0 Å². The van der Waals surface area contributed by atoms with Gasteiger partial charge < -0.3 is 11.1 Å². The maximum absolute atomic E-state index is 5.79. The van der Waals surface area contributed by atoms with Gasteiger partial charge in [0, 0.05) is 6.54 Å². The third-order valence-corrected chi connectivity index (χ3v) is 2.18. The van der Waals surface area contributed by atoms with Crippen LogP contribution in [0, 0.1) is 0 Å². The highest BCUT2D eigenvalue weighted by Crippen LogP contribution is 2.30. The van der Waals surface area contributed by atoms with Gasteiger partial charge in [0.25, 0.3) is 0 Å². The number of hydrogen-bond donors (Lipinski definition) is 2. The molecule has 1 aromatic carbocycles. The fraction of sp³-hybridized carbons (Fsp3) is 0.250. The van der Waals surface area contributed by atoms with E-state index in [4.69, 9.17) is 28.9 Å². The number of hydrogen-bond acceptors (Lipinski definition) is 2. The van der Waals surface area contributed by atoms with Gasteiger partial charge in [0.2, 0.25) is 0 Å². The zero-order valence-corrected chi connectivity index (χ0v) is 8.21. The topological polar surface area (TPSA) is 38.0 Å². The molecule has 0 saturated carbocycles. The molecule has 12 heavy (non-hydrogen) atoms. The van der Waals surface area contributed by atoms with E-state index in [1.807, 2.05) is 6.92 Å². The summed E-state index contributed by atoms with van der Waals surface area (Å²) in [5.74, 6) is 0. The van der Waals surface area contributed by atoms with Gasteiger partial charge in [-0.3, -0.25) is 0 Å². The number of benzene rings is 1. The van der Waals surface area contributed by atoms with Crippen molar-refractivity contribution in [2.45, 2.75) is 6.92 Å². The number of nitrogens with two attached hydrogens (primary N) is 1. The summed E-state index contributed by atoms with van der Waals surface area (Å²) in [4.78, 5) is 0. The molecular weight excluding hydrogens is 195 g/mol. The molecule has 0 bridgehead atoms. The molecular formula is C8H10Cl2N2. The highest BCUT2D eigenvalue weighted by Gasteiger charge is 2.02. The van der Waals surface area contributed by atoms with Gasteiger partial charge in [-0.15, -0.1) is 0 Å². The molecule has 0 atom stereocenters. The van der Waals surface area contributed by atoms with Gasteiger partial charge in [0.1, 0.15) is 0 Å². The van der Waals surface area contributed by atoms with E-state index in [-0.39, 0.29) is 0 Å². The van der Waals surface area contributed by atoms with Crippen LogP contribution in [0.25, 0.3) is 0 Å². The molecule has 0 fully saturated rings. The van der Waals surface area contributed by atoms with Crippen LogP contribution in [0.3, 0.4) is 0 Å². The predicted molar refractivity (Wildman–Crippen MR) is 55.0 cm³/mol. The van der Waals surface area contributed by atoms with Crippen molar-refractivity contribution < 1.29 is 0 Å². The van der Waals surface area contributed by atoms with E-state index in [0.29, 0.717) is 15.7 Å². The van der Waals surface area contributed by atoms with E-state index in [1.165, 1.54) is 0 Å².